The quantitative estimate of drug-likeness (QED) is 0.518. The number of halogens is 1. The van der Waals surface area contributed by atoms with Crippen LogP contribution in [0.5, 0.6) is 0 Å². The minimum absolute atomic E-state index is 0.183. The average molecular weight is 393 g/mol. The molecule has 0 unspecified atom stereocenters. The van der Waals surface area contributed by atoms with E-state index >= 15 is 0 Å². The molecule has 0 amide bonds. The van der Waals surface area contributed by atoms with Crippen LogP contribution in [0.25, 0.3) is 28.2 Å². The van der Waals surface area contributed by atoms with Crippen molar-refractivity contribution in [1.29, 1.82) is 0 Å². The second kappa shape index (κ2) is 7.32. The van der Waals surface area contributed by atoms with Crippen LogP contribution < -0.4 is 5.73 Å². The second-order valence-electron chi connectivity index (χ2n) is 6.11. The van der Waals surface area contributed by atoms with Gasteiger partial charge in [0, 0.05) is 22.2 Å². The van der Waals surface area contributed by atoms with Gasteiger partial charge in [-0.05, 0) is 19.1 Å². The summed E-state index contributed by atoms with van der Waals surface area (Å²) in [5, 5.41) is 5.17. The number of ether oxygens (including phenoxy) is 1. The van der Waals surface area contributed by atoms with Crippen LogP contribution in [0.3, 0.4) is 0 Å². The molecule has 6 nitrogen and oxygen atoms in total. The fourth-order valence-corrected chi connectivity index (χ4v) is 3.12. The molecule has 0 saturated carbocycles. The van der Waals surface area contributed by atoms with Crippen LogP contribution in [0.4, 0.5) is 5.82 Å². The SMILES string of the molecule is CCOC(=O)c1c(-c2ccccc2)nc2cc(-c3ccc(Cl)cc3)nn2c1N. The molecular formula is C21H17ClN4O2. The van der Waals surface area contributed by atoms with Crippen LogP contribution in [0.1, 0.15) is 17.3 Å². The van der Waals surface area contributed by atoms with Crippen molar-refractivity contribution in [3.05, 3.63) is 71.2 Å². The highest BCUT2D eigenvalue weighted by atomic mass is 35.5. The van der Waals surface area contributed by atoms with E-state index in [9.17, 15) is 4.79 Å². The van der Waals surface area contributed by atoms with Gasteiger partial charge in [-0.3, -0.25) is 0 Å². The Labute approximate surface area is 166 Å². The molecule has 0 saturated heterocycles. The average Bonchev–Trinajstić information content (AvgIpc) is 3.14. The second-order valence-corrected chi connectivity index (χ2v) is 6.55. The molecule has 0 spiro atoms. The Morgan fingerprint density at radius 3 is 2.50 bits per heavy atom. The maximum absolute atomic E-state index is 12.6. The van der Waals surface area contributed by atoms with E-state index in [2.05, 4.69) is 10.1 Å². The van der Waals surface area contributed by atoms with Gasteiger partial charge in [-0.15, -0.1) is 0 Å². The Kier molecular flexibility index (Phi) is 4.71. The van der Waals surface area contributed by atoms with Crippen LogP contribution in [0, 0.1) is 0 Å². The minimum Gasteiger partial charge on any atom is -0.462 e. The number of hydrogen-bond donors (Lipinski definition) is 1. The van der Waals surface area contributed by atoms with Gasteiger partial charge in [-0.1, -0.05) is 54.1 Å². The predicted molar refractivity (Wildman–Crippen MR) is 109 cm³/mol. The number of rotatable bonds is 4. The van der Waals surface area contributed by atoms with E-state index in [1.165, 1.54) is 4.52 Å². The minimum atomic E-state index is -0.531. The summed E-state index contributed by atoms with van der Waals surface area (Å²) in [4.78, 5) is 17.3. The first-order valence-corrected chi connectivity index (χ1v) is 9.14. The largest absolute Gasteiger partial charge is 0.462 e. The first kappa shape index (κ1) is 18.0. The predicted octanol–water partition coefficient (Wildman–Crippen LogP) is 4.48. The number of nitrogens with zero attached hydrogens (tertiary/aromatic N) is 3. The van der Waals surface area contributed by atoms with E-state index in [-0.39, 0.29) is 18.0 Å². The highest BCUT2D eigenvalue weighted by Crippen LogP contribution is 2.30. The number of carbonyl (C=O) groups excluding carboxylic acids is 1. The van der Waals surface area contributed by atoms with Crippen molar-refractivity contribution in [2.45, 2.75) is 6.92 Å². The first-order valence-electron chi connectivity index (χ1n) is 8.76. The third kappa shape index (κ3) is 3.18. The Bertz CT molecular complexity index is 1150. The molecule has 0 aliphatic carbocycles. The van der Waals surface area contributed by atoms with Crippen molar-refractivity contribution in [1.82, 2.24) is 14.6 Å². The van der Waals surface area contributed by atoms with Crippen molar-refractivity contribution in [3.8, 4) is 22.5 Å². The molecule has 0 aliphatic rings. The number of esters is 1. The van der Waals surface area contributed by atoms with Gasteiger partial charge in [-0.25, -0.2) is 9.78 Å². The molecule has 140 valence electrons. The van der Waals surface area contributed by atoms with E-state index < -0.39 is 5.97 Å². The van der Waals surface area contributed by atoms with Gasteiger partial charge in [0.05, 0.1) is 18.0 Å². The monoisotopic (exact) mass is 392 g/mol. The fraction of sp³-hybridized carbons (Fsp3) is 0.0952. The zero-order valence-corrected chi connectivity index (χ0v) is 15.8. The lowest BCUT2D eigenvalue weighted by molar-refractivity contribution is 0.0527. The fourth-order valence-electron chi connectivity index (χ4n) is 3.00. The Morgan fingerprint density at radius 2 is 1.82 bits per heavy atom. The molecule has 4 aromatic rings. The highest BCUT2D eigenvalue weighted by Gasteiger charge is 2.23. The molecule has 0 bridgehead atoms. The number of nitrogens with two attached hydrogens (primary N) is 1. The summed E-state index contributed by atoms with van der Waals surface area (Å²) in [6.07, 6.45) is 0. The van der Waals surface area contributed by atoms with Gasteiger partial charge >= 0.3 is 5.97 Å². The summed E-state index contributed by atoms with van der Waals surface area (Å²) in [5.74, 6) is -0.348. The normalized spacial score (nSPS) is 10.9. The lowest BCUT2D eigenvalue weighted by Crippen LogP contribution is -2.15. The number of hydrogen-bond acceptors (Lipinski definition) is 5. The standard InChI is InChI=1S/C21H17ClN4O2/c1-2-28-21(27)18-19(14-6-4-3-5-7-14)24-17-12-16(25-26(17)20(18)23)13-8-10-15(22)11-9-13/h3-12H,2,23H2,1H3. The first-order chi connectivity index (χ1) is 13.6. The summed E-state index contributed by atoms with van der Waals surface area (Å²) in [5.41, 5.74) is 9.86. The topological polar surface area (TPSA) is 82.5 Å². The molecule has 7 heteroatoms. The van der Waals surface area contributed by atoms with Gasteiger partial charge in [0.2, 0.25) is 0 Å². The molecule has 0 aliphatic heterocycles. The van der Waals surface area contributed by atoms with Crippen molar-refractivity contribution in [2.75, 3.05) is 12.3 Å². The molecular weight excluding hydrogens is 376 g/mol. The summed E-state index contributed by atoms with van der Waals surface area (Å²) in [7, 11) is 0. The number of aromatic nitrogens is 3. The summed E-state index contributed by atoms with van der Waals surface area (Å²) < 4.78 is 6.67. The third-order valence-corrected chi connectivity index (χ3v) is 4.56. The van der Waals surface area contributed by atoms with Crippen LogP contribution in [0.15, 0.2) is 60.7 Å². The van der Waals surface area contributed by atoms with Crippen LogP contribution in [0.2, 0.25) is 5.02 Å². The zero-order chi connectivity index (χ0) is 19.7. The molecule has 28 heavy (non-hydrogen) atoms. The van der Waals surface area contributed by atoms with Gasteiger partial charge in [-0.2, -0.15) is 9.61 Å². The molecule has 2 N–H and O–H groups in total. The van der Waals surface area contributed by atoms with Gasteiger partial charge in [0.1, 0.15) is 11.4 Å². The van der Waals surface area contributed by atoms with Crippen molar-refractivity contribution < 1.29 is 9.53 Å². The van der Waals surface area contributed by atoms with Crippen molar-refractivity contribution in [2.24, 2.45) is 0 Å². The maximum Gasteiger partial charge on any atom is 0.344 e. The lowest BCUT2D eigenvalue weighted by Gasteiger charge is -2.12. The molecule has 0 radical (unpaired) electrons. The van der Waals surface area contributed by atoms with E-state index in [1.54, 1.807) is 19.1 Å². The van der Waals surface area contributed by atoms with Crippen LogP contribution in [-0.4, -0.2) is 27.2 Å². The highest BCUT2D eigenvalue weighted by molar-refractivity contribution is 6.30. The van der Waals surface area contributed by atoms with E-state index in [0.29, 0.717) is 22.1 Å². The lowest BCUT2D eigenvalue weighted by atomic mass is 10.1. The number of nitrogen functional groups attached to an aromatic ring is 1. The molecule has 2 aromatic heterocycles. The Balaban J connectivity index is 1.95. The Hall–Kier alpha value is -3.38. The van der Waals surface area contributed by atoms with Gasteiger partial charge in [0.25, 0.3) is 0 Å². The zero-order valence-electron chi connectivity index (χ0n) is 15.1. The summed E-state index contributed by atoms with van der Waals surface area (Å²) in [6, 6.07) is 18.5. The summed E-state index contributed by atoms with van der Waals surface area (Å²) >= 11 is 5.97. The van der Waals surface area contributed by atoms with E-state index in [0.717, 1.165) is 11.1 Å². The van der Waals surface area contributed by atoms with Crippen LogP contribution in [-0.2, 0) is 4.74 Å². The number of benzene rings is 2. The van der Waals surface area contributed by atoms with Crippen molar-refractivity contribution in [3.63, 3.8) is 0 Å². The number of fused-ring (bicyclic) bond motifs is 1. The van der Waals surface area contributed by atoms with Gasteiger partial charge in [0.15, 0.2) is 5.65 Å². The van der Waals surface area contributed by atoms with Crippen molar-refractivity contribution >= 4 is 29.0 Å². The summed E-state index contributed by atoms with van der Waals surface area (Å²) in [6.45, 7) is 1.98. The Morgan fingerprint density at radius 1 is 1.11 bits per heavy atom. The number of carbonyl (C=O) groups is 1. The van der Waals surface area contributed by atoms with Crippen LogP contribution >= 0.6 is 11.6 Å². The third-order valence-electron chi connectivity index (χ3n) is 4.30. The molecule has 0 atom stereocenters. The molecule has 2 aromatic carbocycles. The number of anilines is 1. The van der Waals surface area contributed by atoms with E-state index in [1.807, 2.05) is 48.5 Å². The molecule has 2 heterocycles. The maximum atomic E-state index is 12.6. The van der Waals surface area contributed by atoms with Gasteiger partial charge < -0.3 is 10.5 Å². The molecule has 0 fully saturated rings. The van der Waals surface area contributed by atoms with E-state index in [4.69, 9.17) is 22.1 Å². The smallest absolute Gasteiger partial charge is 0.344 e. The molecule has 4 rings (SSSR count).